The molecule has 2 aliphatic rings. The molecular weight excluding hydrogens is 438 g/mol. The monoisotopic (exact) mass is 463 g/mol. The van der Waals surface area contributed by atoms with Gasteiger partial charge in [0.15, 0.2) is 0 Å². The molecule has 3 heterocycles. The number of hydrogen-bond donors (Lipinski definition) is 1. The first-order chi connectivity index (χ1) is 14.9. The molecular formula is C21H25N3O5S2. The molecule has 0 radical (unpaired) electrons. The lowest BCUT2D eigenvalue weighted by Crippen LogP contribution is -2.43. The van der Waals surface area contributed by atoms with Crippen LogP contribution in [-0.4, -0.2) is 68.3 Å². The van der Waals surface area contributed by atoms with Crippen LogP contribution in [-0.2, 0) is 19.6 Å². The zero-order valence-electron chi connectivity index (χ0n) is 17.2. The Morgan fingerprint density at radius 1 is 1.16 bits per heavy atom. The van der Waals surface area contributed by atoms with Crippen LogP contribution in [0.2, 0.25) is 0 Å². The number of likely N-dealkylation sites (tertiary alicyclic amines) is 1. The van der Waals surface area contributed by atoms with Gasteiger partial charge in [-0.05, 0) is 48.9 Å². The van der Waals surface area contributed by atoms with Crippen LogP contribution in [0.1, 0.15) is 28.1 Å². The van der Waals surface area contributed by atoms with Crippen LogP contribution in [0.3, 0.4) is 0 Å². The highest BCUT2D eigenvalue weighted by Gasteiger charge is 2.35. The topological polar surface area (TPSA) is 96.0 Å². The number of hydrogen-bond acceptors (Lipinski definition) is 6. The molecule has 0 spiro atoms. The maximum Gasteiger partial charge on any atom is 0.264 e. The zero-order valence-corrected chi connectivity index (χ0v) is 18.9. The summed E-state index contributed by atoms with van der Waals surface area (Å²) >= 11 is 1.35. The molecule has 1 atom stereocenters. The first-order valence-electron chi connectivity index (χ1n) is 10.2. The van der Waals surface area contributed by atoms with E-state index in [4.69, 9.17) is 4.74 Å². The number of thiophene rings is 1. The van der Waals surface area contributed by atoms with Gasteiger partial charge in [0.1, 0.15) is 6.04 Å². The number of nitrogens with zero attached hydrogens (tertiary/aromatic N) is 2. The molecule has 1 aromatic heterocycles. The largest absolute Gasteiger partial charge is 0.379 e. The molecule has 0 bridgehead atoms. The van der Waals surface area contributed by atoms with Crippen LogP contribution >= 0.6 is 11.3 Å². The minimum Gasteiger partial charge on any atom is -0.379 e. The van der Waals surface area contributed by atoms with E-state index in [2.05, 4.69) is 5.32 Å². The minimum absolute atomic E-state index is 0.133. The lowest BCUT2D eigenvalue weighted by Gasteiger charge is -2.26. The van der Waals surface area contributed by atoms with Crippen molar-refractivity contribution >= 4 is 38.9 Å². The van der Waals surface area contributed by atoms with Crippen molar-refractivity contribution in [1.29, 1.82) is 0 Å². The number of ether oxygens (including phenoxy) is 1. The number of rotatable bonds is 5. The Labute approximate surface area is 185 Å². The van der Waals surface area contributed by atoms with Gasteiger partial charge in [-0.1, -0.05) is 12.1 Å². The molecule has 0 aliphatic carbocycles. The number of benzene rings is 1. The number of aryl methyl sites for hydroxylation is 1. The molecule has 166 valence electrons. The smallest absolute Gasteiger partial charge is 0.264 e. The summed E-state index contributed by atoms with van der Waals surface area (Å²) in [7, 11) is -3.67. The molecule has 31 heavy (non-hydrogen) atoms. The number of sulfonamides is 1. The maximum absolute atomic E-state index is 13.0. The average molecular weight is 464 g/mol. The minimum atomic E-state index is -3.67. The molecule has 10 heteroatoms. The Hall–Kier alpha value is -2.27. The van der Waals surface area contributed by atoms with Crippen molar-refractivity contribution in [1.82, 2.24) is 9.21 Å². The third kappa shape index (κ3) is 4.52. The van der Waals surface area contributed by atoms with Gasteiger partial charge in [0, 0.05) is 25.3 Å². The molecule has 1 aromatic carbocycles. The molecule has 1 N–H and O–H groups in total. The van der Waals surface area contributed by atoms with Gasteiger partial charge in [-0.2, -0.15) is 4.31 Å². The molecule has 0 saturated carbocycles. The van der Waals surface area contributed by atoms with Gasteiger partial charge < -0.3 is 15.0 Å². The number of carbonyl (C=O) groups is 2. The fraction of sp³-hybridized carbons (Fsp3) is 0.429. The van der Waals surface area contributed by atoms with Gasteiger partial charge in [0.05, 0.1) is 23.0 Å². The van der Waals surface area contributed by atoms with E-state index < -0.39 is 16.1 Å². The van der Waals surface area contributed by atoms with Crippen molar-refractivity contribution in [3.05, 3.63) is 46.2 Å². The second-order valence-electron chi connectivity index (χ2n) is 7.62. The van der Waals surface area contributed by atoms with Crippen molar-refractivity contribution in [2.75, 3.05) is 38.2 Å². The van der Waals surface area contributed by atoms with E-state index in [1.54, 1.807) is 23.1 Å². The molecule has 2 amide bonds. The molecule has 2 aromatic rings. The van der Waals surface area contributed by atoms with Gasteiger partial charge in [-0.25, -0.2) is 8.42 Å². The Kier molecular flexibility index (Phi) is 6.42. The predicted octanol–water partition coefficient (Wildman–Crippen LogP) is 2.32. The van der Waals surface area contributed by atoms with Gasteiger partial charge >= 0.3 is 0 Å². The molecule has 1 unspecified atom stereocenters. The lowest BCUT2D eigenvalue weighted by atomic mass is 10.1. The summed E-state index contributed by atoms with van der Waals surface area (Å²) in [5.74, 6) is -0.445. The quantitative estimate of drug-likeness (QED) is 0.734. The molecule has 2 aliphatic heterocycles. The van der Waals surface area contributed by atoms with Crippen LogP contribution in [0.5, 0.6) is 0 Å². The van der Waals surface area contributed by atoms with Crippen LogP contribution < -0.4 is 5.32 Å². The summed E-state index contributed by atoms with van der Waals surface area (Å²) in [6, 6.07) is 7.73. The Morgan fingerprint density at radius 2 is 1.94 bits per heavy atom. The van der Waals surface area contributed by atoms with Gasteiger partial charge in [-0.15, -0.1) is 11.3 Å². The molecule has 2 fully saturated rings. The first kappa shape index (κ1) is 21.9. The van der Waals surface area contributed by atoms with E-state index in [-0.39, 0.29) is 16.7 Å². The number of amides is 2. The van der Waals surface area contributed by atoms with Crippen LogP contribution in [0, 0.1) is 6.92 Å². The second kappa shape index (κ2) is 9.07. The number of morpholine rings is 1. The van der Waals surface area contributed by atoms with E-state index in [0.717, 1.165) is 12.0 Å². The van der Waals surface area contributed by atoms with Crippen molar-refractivity contribution in [3.8, 4) is 0 Å². The number of anilines is 1. The van der Waals surface area contributed by atoms with Crippen molar-refractivity contribution in [3.63, 3.8) is 0 Å². The normalized spacial score (nSPS) is 20.0. The zero-order chi connectivity index (χ0) is 22.0. The average Bonchev–Trinajstić information content (AvgIpc) is 3.47. The van der Waals surface area contributed by atoms with Crippen molar-refractivity contribution < 1.29 is 22.7 Å². The highest BCUT2D eigenvalue weighted by Crippen LogP contribution is 2.27. The van der Waals surface area contributed by atoms with E-state index >= 15 is 0 Å². The summed E-state index contributed by atoms with van der Waals surface area (Å²) in [6.07, 6.45) is 1.33. The highest BCUT2D eigenvalue weighted by molar-refractivity contribution is 7.89. The van der Waals surface area contributed by atoms with Crippen molar-refractivity contribution in [2.24, 2.45) is 0 Å². The van der Waals surface area contributed by atoms with Crippen molar-refractivity contribution in [2.45, 2.75) is 30.7 Å². The van der Waals surface area contributed by atoms with Crippen LogP contribution in [0.25, 0.3) is 0 Å². The summed E-state index contributed by atoms with van der Waals surface area (Å²) in [6.45, 7) is 3.68. The summed E-state index contributed by atoms with van der Waals surface area (Å²) < 4.78 is 32.6. The Bertz CT molecular complexity index is 1060. The van der Waals surface area contributed by atoms with E-state index in [1.807, 2.05) is 18.4 Å². The second-order valence-corrected chi connectivity index (χ2v) is 10.5. The first-order valence-corrected chi connectivity index (χ1v) is 12.5. The van der Waals surface area contributed by atoms with Gasteiger partial charge in [0.2, 0.25) is 15.9 Å². The summed E-state index contributed by atoms with van der Waals surface area (Å²) in [5, 5.41) is 4.70. The standard InChI is InChI=1S/C21H25N3O5S2/c1-15-6-7-16(31(27,28)23-9-11-29-12-10-23)14-17(15)22-20(25)18-4-2-8-24(18)21(26)19-5-3-13-30-19/h3,5-7,13-14,18H,2,4,8-12H2,1H3,(H,22,25). The fourth-order valence-corrected chi connectivity index (χ4v) is 5.99. The summed E-state index contributed by atoms with van der Waals surface area (Å²) in [5.41, 5.74) is 1.19. The fourth-order valence-electron chi connectivity index (χ4n) is 3.87. The highest BCUT2D eigenvalue weighted by atomic mass is 32.2. The summed E-state index contributed by atoms with van der Waals surface area (Å²) in [4.78, 5) is 28.1. The third-order valence-electron chi connectivity index (χ3n) is 5.62. The SMILES string of the molecule is Cc1ccc(S(=O)(=O)N2CCOCC2)cc1NC(=O)C1CCCN1C(=O)c1cccs1. The van der Waals surface area contributed by atoms with E-state index in [0.29, 0.717) is 49.8 Å². The molecule has 8 nitrogen and oxygen atoms in total. The van der Waals surface area contributed by atoms with E-state index in [9.17, 15) is 18.0 Å². The maximum atomic E-state index is 13.0. The lowest BCUT2D eigenvalue weighted by molar-refractivity contribution is -0.119. The Balaban J connectivity index is 1.53. The molecule has 4 rings (SSSR count). The number of carbonyl (C=O) groups excluding carboxylic acids is 2. The van der Waals surface area contributed by atoms with Gasteiger partial charge in [0.25, 0.3) is 5.91 Å². The van der Waals surface area contributed by atoms with Crippen LogP contribution in [0.4, 0.5) is 5.69 Å². The third-order valence-corrected chi connectivity index (χ3v) is 8.38. The van der Waals surface area contributed by atoms with Gasteiger partial charge in [-0.3, -0.25) is 9.59 Å². The Morgan fingerprint density at radius 3 is 2.65 bits per heavy atom. The van der Waals surface area contributed by atoms with Crippen LogP contribution in [0.15, 0.2) is 40.6 Å². The predicted molar refractivity (Wildman–Crippen MR) is 118 cm³/mol. The van der Waals surface area contributed by atoms with E-state index in [1.165, 1.54) is 21.7 Å². The number of nitrogens with one attached hydrogen (secondary N) is 1. The molecule has 2 saturated heterocycles.